The minimum absolute atomic E-state index is 0.00551. The van der Waals surface area contributed by atoms with Gasteiger partial charge in [-0.05, 0) is 123 Å². The number of anilines is 2. The van der Waals surface area contributed by atoms with Gasteiger partial charge >= 0.3 is 5.69 Å². The number of piperazine rings is 1. The summed E-state index contributed by atoms with van der Waals surface area (Å²) in [4.78, 5) is 48.3. The molecule has 2 saturated heterocycles. The van der Waals surface area contributed by atoms with Crippen molar-refractivity contribution >= 4 is 44.2 Å². The fraction of sp³-hybridized carbons (Fsp3) is 0.464. The molecular formula is C56H67FN10O8S. The molecule has 0 bridgehead atoms. The molecule has 2 aromatic carbocycles. The number of aromatic nitrogens is 4. The highest BCUT2D eigenvalue weighted by molar-refractivity contribution is 7.90. The maximum atomic E-state index is 15.0. The van der Waals surface area contributed by atoms with Crippen LogP contribution in [0.1, 0.15) is 118 Å². The predicted molar refractivity (Wildman–Crippen MR) is 287 cm³/mol. The van der Waals surface area contributed by atoms with Crippen LogP contribution in [0.15, 0.2) is 96.4 Å². The highest BCUT2D eigenvalue weighted by atomic mass is 32.2. The van der Waals surface area contributed by atoms with Crippen LogP contribution in [0.4, 0.5) is 21.6 Å². The third-order valence-electron chi connectivity index (χ3n) is 16.2. The zero-order chi connectivity index (χ0) is 53.4. The number of nitrogens with zero attached hydrogens (tertiary/aromatic N) is 7. The lowest BCUT2D eigenvalue weighted by atomic mass is 9.59. The quantitative estimate of drug-likeness (QED) is 0.0493. The first kappa shape index (κ1) is 52.7. The SMILES string of the molecule is CCOc1nc2[nH]cc(F)c2cc1Oc1cc(N2CCC3(CC2)CC(N2CCN(Cc4ccncc4)C[C@H]2c2ccccc2C(C)C)C3)ccc1C(=O)NS(=O)(=O)c1cnc(NCC2CCC(C)(O)CC2)c([N+](=O)[O-])c1. The molecule has 4 aliphatic rings. The average Bonchev–Trinajstić information content (AvgIpc) is 3.78. The number of benzene rings is 2. The van der Waals surface area contributed by atoms with E-state index >= 15 is 0 Å². The first-order valence-electron chi connectivity index (χ1n) is 26.5. The second kappa shape index (κ2) is 21.7. The molecule has 18 nitrogen and oxygen atoms in total. The lowest BCUT2D eigenvalue weighted by Crippen LogP contribution is -2.60. The molecule has 10 rings (SSSR count). The third kappa shape index (κ3) is 11.4. The number of hydrogen-bond acceptors (Lipinski definition) is 15. The smallest absolute Gasteiger partial charge is 0.312 e. The van der Waals surface area contributed by atoms with E-state index in [2.05, 4.69) is 94.9 Å². The van der Waals surface area contributed by atoms with Crippen LogP contribution >= 0.6 is 0 Å². The fourth-order valence-electron chi connectivity index (χ4n) is 11.8. The number of carbonyl (C=O) groups excluding carboxylic acids is 1. The van der Waals surface area contributed by atoms with E-state index in [-0.39, 0.29) is 63.8 Å². The van der Waals surface area contributed by atoms with E-state index in [4.69, 9.17) is 9.47 Å². The molecule has 20 heteroatoms. The standard InChI is InChI=1S/C56H67FN10O8S/c1-5-74-54-50(28-45-46(57)33-61-51(45)62-54)75-49-26-39(10-11-44(49)53(68)63-76(72,73)41-27-47(67(70)71)52(60-32-41)59-31-37-12-16-55(4,69)17-13-37)65-22-18-56(19-23-65)29-40(30-56)66-25-24-64(34-38-14-20-58-21-15-38)35-48(66)43-9-7-6-8-42(43)36(2)3/h6-11,14-15,20-21,26-28,32-33,36-37,40,48,69H,5,12-13,16-19,22-25,29-31,34-35H2,1-4H3,(H,59,60)(H,61,62)(H,63,68)/t37?,48-,55?/m0/s1. The van der Waals surface area contributed by atoms with E-state index in [0.717, 1.165) is 89.1 Å². The van der Waals surface area contributed by atoms with Crippen molar-refractivity contribution in [2.24, 2.45) is 11.3 Å². The molecule has 402 valence electrons. The zero-order valence-electron chi connectivity index (χ0n) is 43.5. The number of aromatic amines is 1. The zero-order valence-corrected chi connectivity index (χ0v) is 44.3. The number of sulfonamides is 1. The molecule has 4 aromatic heterocycles. The summed E-state index contributed by atoms with van der Waals surface area (Å²) < 4.78 is 57.1. The van der Waals surface area contributed by atoms with Crippen molar-refractivity contribution in [2.75, 3.05) is 56.1 Å². The van der Waals surface area contributed by atoms with E-state index in [9.17, 15) is 32.8 Å². The van der Waals surface area contributed by atoms with Gasteiger partial charge < -0.3 is 29.8 Å². The molecule has 6 heterocycles. The van der Waals surface area contributed by atoms with Crippen LogP contribution in [0.2, 0.25) is 0 Å². The molecule has 4 N–H and O–H groups in total. The molecule has 0 radical (unpaired) electrons. The van der Waals surface area contributed by atoms with Gasteiger partial charge in [-0.1, -0.05) is 38.1 Å². The molecule has 1 amide bonds. The van der Waals surface area contributed by atoms with E-state index < -0.39 is 42.9 Å². The number of rotatable bonds is 17. The van der Waals surface area contributed by atoms with E-state index in [1.54, 1.807) is 26.0 Å². The second-order valence-corrected chi connectivity index (χ2v) is 23.5. The second-order valence-electron chi connectivity index (χ2n) is 21.8. The average molecular weight is 1060 g/mol. The predicted octanol–water partition coefficient (Wildman–Crippen LogP) is 9.49. The number of hydrogen-bond donors (Lipinski definition) is 4. The van der Waals surface area contributed by atoms with Crippen LogP contribution in [0.25, 0.3) is 11.0 Å². The van der Waals surface area contributed by atoms with Crippen LogP contribution in [-0.4, -0.2) is 112 Å². The Labute approximate surface area is 442 Å². The topological polar surface area (TPSA) is 221 Å². The summed E-state index contributed by atoms with van der Waals surface area (Å²) in [7, 11) is -4.74. The fourth-order valence-corrected chi connectivity index (χ4v) is 12.8. The van der Waals surface area contributed by atoms with Gasteiger partial charge in [-0.25, -0.2) is 22.5 Å². The van der Waals surface area contributed by atoms with Crippen LogP contribution in [0.5, 0.6) is 17.4 Å². The number of nitrogens with one attached hydrogen (secondary N) is 3. The van der Waals surface area contributed by atoms with Crippen LogP contribution in [0.3, 0.4) is 0 Å². The molecule has 4 fully saturated rings. The van der Waals surface area contributed by atoms with E-state index in [1.807, 2.05) is 12.4 Å². The first-order chi connectivity index (χ1) is 36.5. The maximum absolute atomic E-state index is 15.0. The van der Waals surface area contributed by atoms with Crippen molar-refractivity contribution in [1.82, 2.24) is 34.5 Å². The Bertz CT molecular complexity index is 3190. The van der Waals surface area contributed by atoms with Crippen LogP contribution in [-0.2, 0) is 16.6 Å². The largest absolute Gasteiger partial charge is 0.475 e. The van der Waals surface area contributed by atoms with Crippen LogP contribution in [0, 0.1) is 27.3 Å². The van der Waals surface area contributed by atoms with Gasteiger partial charge in [0.15, 0.2) is 5.75 Å². The minimum Gasteiger partial charge on any atom is -0.475 e. The molecule has 2 aliphatic heterocycles. The Morgan fingerprint density at radius 1 is 1.00 bits per heavy atom. The summed E-state index contributed by atoms with van der Waals surface area (Å²) in [6, 6.07) is 21.0. The summed E-state index contributed by atoms with van der Waals surface area (Å²) in [5.74, 6) is -1.27. The summed E-state index contributed by atoms with van der Waals surface area (Å²) >= 11 is 0. The molecule has 0 unspecified atom stereocenters. The number of fused-ring (bicyclic) bond motifs is 1. The van der Waals surface area contributed by atoms with Crippen molar-refractivity contribution in [3.8, 4) is 17.4 Å². The number of aliphatic hydroxyl groups is 1. The van der Waals surface area contributed by atoms with Crippen molar-refractivity contribution < 1.29 is 37.1 Å². The third-order valence-corrected chi connectivity index (χ3v) is 17.5. The number of halogens is 1. The van der Waals surface area contributed by atoms with E-state index in [1.165, 1.54) is 28.8 Å². The highest BCUT2D eigenvalue weighted by Crippen LogP contribution is 2.53. The first-order valence-corrected chi connectivity index (χ1v) is 28.0. The lowest BCUT2D eigenvalue weighted by molar-refractivity contribution is -0.384. The van der Waals surface area contributed by atoms with Gasteiger partial charge in [0.05, 0.1) is 34.3 Å². The number of nitro groups is 1. The van der Waals surface area contributed by atoms with Crippen molar-refractivity contribution in [2.45, 2.75) is 114 Å². The highest BCUT2D eigenvalue weighted by Gasteiger charge is 2.50. The number of carbonyl (C=O) groups is 1. The normalized spacial score (nSPS) is 21.4. The van der Waals surface area contributed by atoms with E-state index in [0.29, 0.717) is 44.2 Å². The van der Waals surface area contributed by atoms with Gasteiger partial charge in [-0.2, -0.15) is 4.98 Å². The number of amides is 1. The van der Waals surface area contributed by atoms with Gasteiger partial charge in [0, 0.05) is 100 Å². The molecule has 1 spiro atoms. The molecule has 2 saturated carbocycles. The summed E-state index contributed by atoms with van der Waals surface area (Å²) in [6.07, 6.45) is 12.6. The Morgan fingerprint density at radius 2 is 1.75 bits per heavy atom. The Balaban J connectivity index is 0.867. The monoisotopic (exact) mass is 1060 g/mol. The van der Waals surface area contributed by atoms with Crippen molar-refractivity contribution in [1.29, 1.82) is 0 Å². The van der Waals surface area contributed by atoms with Crippen molar-refractivity contribution in [3.05, 3.63) is 130 Å². The summed E-state index contributed by atoms with van der Waals surface area (Å²) in [5.41, 5.74) is 3.69. The van der Waals surface area contributed by atoms with Gasteiger partial charge in [0.2, 0.25) is 5.82 Å². The number of ether oxygens (including phenoxy) is 2. The molecule has 6 aromatic rings. The lowest BCUT2D eigenvalue weighted by Gasteiger charge is -2.58. The Kier molecular flexibility index (Phi) is 15.1. The molecule has 1 atom stereocenters. The number of piperidine rings is 1. The van der Waals surface area contributed by atoms with Gasteiger partial charge in [-0.3, -0.25) is 29.7 Å². The molecule has 2 aliphatic carbocycles. The number of H-pyrrole nitrogens is 1. The minimum atomic E-state index is -4.74. The van der Waals surface area contributed by atoms with Crippen molar-refractivity contribution in [3.63, 3.8) is 0 Å². The molecule has 76 heavy (non-hydrogen) atoms. The van der Waals surface area contributed by atoms with Crippen LogP contribution < -0.4 is 24.4 Å². The molecular weight excluding hydrogens is 992 g/mol. The number of pyridine rings is 3. The van der Waals surface area contributed by atoms with Gasteiger partial charge in [-0.15, -0.1) is 0 Å². The van der Waals surface area contributed by atoms with Gasteiger partial charge in [0.1, 0.15) is 22.1 Å². The summed E-state index contributed by atoms with van der Waals surface area (Å²) in [6.45, 7) is 13.9. The maximum Gasteiger partial charge on any atom is 0.312 e. The van der Waals surface area contributed by atoms with Gasteiger partial charge in [0.25, 0.3) is 21.8 Å². The Hall–Kier alpha value is -6.74. The Morgan fingerprint density at radius 3 is 2.47 bits per heavy atom. The summed E-state index contributed by atoms with van der Waals surface area (Å²) in [5, 5.41) is 25.7.